The summed E-state index contributed by atoms with van der Waals surface area (Å²) in [7, 11) is 3.70. The number of hydrogen-bond acceptors (Lipinski definition) is 3. The lowest BCUT2D eigenvalue weighted by Crippen LogP contribution is -2.32. The molecule has 0 aliphatic rings. The minimum Gasteiger partial charge on any atom is -0.351 e. The molecule has 0 heterocycles. The van der Waals surface area contributed by atoms with Crippen molar-refractivity contribution < 1.29 is 18.0 Å². The quantitative estimate of drug-likeness (QED) is 0.618. The second-order valence-corrected chi connectivity index (χ2v) is 7.30. The zero-order chi connectivity index (χ0) is 19.4. The van der Waals surface area contributed by atoms with Crippen molar-refractivity contribution in [1.29, 1.82) is 0 Å². The van der Waals surface area contributed by atoms with Crippen LogP contribution < -0.4 is 10.6 Å². The van der Waals surface area contributed by atoms with E-state index in [1.54, 1.807) is 6.07 Å². The molecule has 0 aromatic heterocycles. The Morgan fingerprint density at radius 2 is 1.85 bits per heavy atom. The first-order chi connectivity index (χ1) is 12.2. The Bertz CT molecular complexity index is 828. The Balaban J connectivity index is 2.39. The molecule has 0 spiro atoms. The first kappa shape index (κ1) is 20.5. The van der Waals surface area contributed by atoms with Crippen LogP contribution >= 0.6 is 22.6 Å². The highest BCUT2D eigenvalue weighted by molar-refractivity contribution is 14.1. The molecule has 2 aromatic carbocycles. The van der Waals surface area contributed by atoms with Gasteiger partial charge in [-0.05, 0) is 73.4 Å². The first-order valence-electron chi connectivity index (χ1n) is 7.84. The molecule has 0 unspecified atom stereocenters. The fourth-order valence-corrected chi connectivity index (χ4v) is 2.72. The molecular weight excluding hydrogens is 458 g/mol. The zero-order valence-electron chi connectivity index (χ0n) is 14.6. The van der Waals surface area contributed by atoms with Crippen molar-refractivity contribution in [1.82, 2.24) is 10.2 Å². The van der Waals surface area contributed by atoms with E-state index in [4.69, 9.17) is 0 Å². The van der Waals surface area contributed by atoms with E-state index in [2.05, 4.69) is 10.6 Å². The Morgan fingerprint density at radius 1 is 1.15 bits per heavy atom. The number of nitrogens with one attached hydrogen (secondary N) is 2. The Morgan fingerprint density at radius 3 is 2.46 bits per heavy atom. The van der Waals surface area contributed by atoms with E-state index >= 15 is 0 Å². The maximum absolute atomic E-state index is 14.5. The van der Waals surface area contributed by atoms with Gasteiger partial charge in [-0.3, -0.25) is 4.79 Å². The van der Waals surface area contributed by atoms with E-state index in [0.717, 1.165) is 0 Å². The molecule has 0 aliphatic carbocycles. The number of anilines is 2. The topological polar surface area (TPSA) is 44.4 Å². The molecule has 26 heavy (non-hydrogen) atoms. The summed E-state index contributed by atoms with van der Waals surface area (Å²) in [6, 6.07) is 5.52. The number of hydrogen-bond donors (Lipinski definition) is 2. The van der Waals surface area contributed by atoms with Crippen molar-refractivity contribution >= 4 is 39.9 Å². The van der Waals surface area contributed by atoms with Crippen molar-refractivity contribution in [2.75, 3.05) is 32.5 Å². The van der Waals surface area contributed by atoms with Gasteiger partial charge in [0, 0.05) is 16.7 Å². The van der Waals surface area contributed by atoms with Gasteiger partial charge >= 0.3 is 0 Å². The van der Waals surface area contributed by atoms with Crippen LogP contribution in [0.5, 0.6) is 0 Å². The highest BCUT2D eigenvalue weighted by Crippen LogP contribution is 2.30. The molecular formula is C18H19F3IN3O. The SMILES string of the molecule is Cc1cc(C(=O)NCCN(C)C)c(Nc2ccc(I)cc2F)c(F)c1F. The number of benzene rings is 2. The molecule has 0 atom stereocenters. The van der Waals surface area contributed by atoms with Crippen LogP contribution in [0, 0.1) is 27.9 Å². The lowest BCUT2D eigenvalue weighted by Gasteiger charge is -2.16. The minimum absolute atomic E-state index is 0.00566. The van der Waals surface area contributed by atoms with Gasteiger partial charge in [0.25, 0.3) is 5.91 Å². The summed E-state index contributed by atoms with van der Waals surface area (Å²) in [6.07, 6.45) is 0. The van der Waals surface area contributed by atoms with E-state index in [-0.39, 0.29) is 16.8 Å². The van der Waals surface area contributed by atoms with Gasteiger partial charge in [-0.2, -0.15) is 0 Å². The van der Waals surface area contributed by atoms with Crippen LogP contribution in [0.1, 0.15) is 15.9 Å². The minimum atomic E-state index is -1.22. The number of likely N-dealkylation sites (N-methyl/N-ethyl adjacent to an activating group) is 1. The van der Waals surface area contributed by atoms with Crippen molar-refractivity contribution in [2.45, 2.75) is 6.92 Å². The van der Waals surface area contributed by atoms with Gasteiger partial charge in [0.2, 0.25) is 0 Å². The molecule has 4 nitrogen and oxygen atoms in total. The number of aryl methyl sites for hydroxylation is 1. The number of carbonyl (C=O) groups is 1. The van der Waals surface area contributed by atoms with Crippen molar-refractivity contribution in [2.24, 2.45) is 0 Å². The standard InChI is InChI=1S/C18H19F3IN3O/c1-10-8-12(18(26)23-6-7-25(2)3)17(16(21)15(10)20)24-14-5-4-11(22)9-13(14)19/h4-5,8-9,24H,6-7H2,1-3H3,(H,23,26). The highest BCUT2D eigenvalue weighted by atomic mass is 127. The molecule has 140 valence electrons. The van der Waals surface area contributed by atoms with E-state index in [9.17, 15) is 18.0 Å². The Hall–Kier alpha value is -1.81. The fraction of sp³-hybridized carbons (Fsp3) is 0.278. The molecule has 2 rings (SSSR count). The predicted molar refractivity (Wildman–Crippen MR) is 104 cm³/mol. The molecule has 2 N–H and O–H groups in total. The summed E-state index contributed by atoms with van der Waals surface area (Å²) in [5, 5.41) is 5.17. The van der Waals surface area contributed by atoms with Crippen LogP contribution in [-0.2, 0) is 0 Å². The molecule has 0 saturated heterocycles. The zero-order valence-corrected chi connectivity index (χ0v) is 16.7. The van der Waals surface area contributed by atoms with Gasteiger partial charge in [-0.25, -0.2) is 13.2 Å². The molecule has 0 saturated carbocycles. The van der Waals surface area contributed by atoms with E-state index in [1.165, 1.54) is 25.1 Å². The normalized spacial score (nSPS) is 10.9. The summed E-state index contributed by atoms with van der Waals surface area (Å²) < 4.78 is 43.2. The smallest absolute Gasteiger partial charge is 0.253 e. The summed E-state index contributed by atoms with van der Waals surface area (Å²) in [6.45, 7) is 2.29. The number of carbonyl (C=O) groups excluding carboxylic acids is 1. The maximum atomic E-state index is 14.5. The van der Waals surface area contributed by atoms with Crippen molar-refractivity contribution in [3.63, 3.8) is 0 Å². The third-order valence-corrected chi connectivity index (χ3v) is 4.34. The summed E-state index contributed by atoms with van der Waals surface area (Å²) in [5.74, 6) is -3.50. The van der Waals surface area contributed by atoms with Crippen LogP contribution in [0.2, 0.25) is 0 Å². The van der Waals surface area contributed by atoms with E-state index in [0.29, 0.717) is 16.7 Å². The molecule has 0 aliphatic heterocycles. The van der Waals surface area contributed by atoms with Crippen LogP contribution in [0.4, 0.5) is 24.5 Å². The predicted octanol–water partition coefficient (Wildman–Crippen LogP) is 4.05. The lowest BCUT2D eigenvalue weighted by molar-refractivity contribution is 0.0951. The average Bonchev–Trinajstić information content (AvgIpc) is 2.56. The highest BCUT2D eigenvalue weighted by Gasteiger charge is 2.22. The number of halogens is 4. The Labute approximate surface area is 163 Å². The maximum Gasteiger partial charge on any atom is 0.253 e. The fourth-order valence-electron chi connectivity index (χ4n) is 2.27. The Kier molecular flexibility index (Phi) is 6.87. The molecule has 1 amide bonds. The molecule has 0 fully saturated rings. The van der Waals surface area contributed by atoms with Crippen LogP contribution in [0.25, 0.3) is 0 Å². The third-order valence-electron chi connectivity index (χ3n) is 3.67. The molecule has 0 radical (unpaired) electrons. The third kappa shape index (κ3) is 4.88. The van der Waals surface area contributed by atoms with Crippen LogP contribution in [0.3, 0.4) is 0 Å². The average molecular weight is 477 g/mol. The summed E-state index contributed by atoms with van der Waals surface area (Å²) in [5.41, 5.74) is -0.530. The van der Waals surface area contributed by atoms with Gasteiger partial charge < -0.3 is 15.5 Å². The van der Waals surface area contributed by atoms with Crippen LogP contribution in [-0.4, -0.2) is 38.0 Å². The van der Waals surface area contributed by atoms with Crippen LogP contribution in [0.15, 0.2) is 24.3 Å². The largest absolute Gasteiger partial charge is 0.351 e. The monoisotopic (exact) mass is 477 g/mol. The first-order valence-corrected chi connectivity index (χ1v) is 8.92. The summed E-state index contributed by atoms with van der Waals surface area (Å²) >= 11 is 1.94. The number of amides is 1. The van der Waals surface area contributed by atoms with Gasteiger partial charge in [0.05, 0.1) is 16.9 Å². The van der Waals surface area contributed by atoms with Gasteiger partial charge in [0.1, 0.15) is 5.82 Å². The number of rotatable bonds is 6. The lowest BCUT2D eigenvalue weighted by atomic mass is 10.1. The van der Waals surface area contributed by atoms with E-state index in [1.807, 2.05) is 41.6 Å². The second kappa shape index (κ2) is 8.72. The van der Waals surface area contributed by atoms with Gasteiger partial charge in [0.15, 0.2) is 11.6 Å². The van der Waals surface area contributed by atoms with Crippen molar-refractivity contribution in [3.8, 4) is 0 Å². The molecule has 0 bridgehead atoms. The summed E-state index contributed by atoms with van der Waals surface area (Å²) in [4.78, 5) is 14.3. The molecule has 2 aromatic rings. The second-order valence-electron chi connectivity index (χ2n) is 6.05. The number of nitrogens with zero attached hydrogens (tertiary/aromatic N) is 1. The van der Waals surface area contributed by atoms with Crippen molar-refractivity contribution in [3.05, 3.63) is 56.4 Å². The van der Waals surface area contributed by atoms with E-state index < -0.39 is 29.0 Å². The van der Waals surface area contributed by atoms with Gasteiger partial charge in [-0.1, -0.05) is 0 Å². The molecule has 8 heteroatoms. The van der Waals surface area contributed by atoms with Gasteiger partial charge in [-0.15, -0.1) is 0 Å².